The van der Waals surface area contributed by atoms with Gasteiger partial charge in [-0.2, -0.15) is 0 Å². The highest BCUT2D eigenvalue weighted by Crippen LogP contribution is 2.16. The average Bonchev–Trinajstić information content (AvgIpc) is 2.29. The molecule has 0 spiro atoms. The zero-order valence-electron chi connectivity index (χ0n) is 10.1. The number of aromatic nitrogens is 2. The van der Waals surface area contributed by atoms with Crippen molar-refractivity contribution in [1.29, 1.82) is 0 Å². The second-order valence-electron chi connectivity index (χ2n) is 4.43. The third kappa shape index (κ3) is 2.41. The second-order valence-corrected chi connectivity index (χ2v) is 4.43. The molecule has 0 radical (unpaired) electrons. The summed E-state index contributed by atoms with van der Waals surface area (Å²) in [5, 5.41) is 3.42. The summed E-state index contributed by atoms with van der Waals surface area (Å²) in [7, 11) is 3.99. The van der Waals surface area contributed by atoms with Gasteiger partial charge in [0, 0.05) is 45.8 Å². The van der Waals surface area contributed by atoms with Crippen molar-refractivity contribution in [2.75, 3.05) is 43.5 Å². The highest BCUT2D eigenvalue weighted by atomic mass is 15.3. The van der Waals surface area contributed by atoms with Gasteiger partial charge in [-0.3, -0.25) is 0 Å². The van der Waals surface area contributed by atoms with Crippen LogP contribution in [0.1, 0.15) is 6.92 Å². The first kappa shape index (κ1) is 11.1. The predicted octanol–water partition coefficient (Wildman–Crippen LogP) is 0.341. The van der Waals surface area contributed by atoms with Crippen molar-refractivity contribution < 1.29 is 0 Å². The van der Waals surface area contributed by atoms with Crippen LogP contribution in [-0.2, 0) is 0 Å². The van der Waals surface area contributed by atoms with Crippen LogP contribution in [0, 0.1) is 0 Å². The lowest BCUT2D eigenvalue weighted by molar-refractivity contribution is 0.482. The zero-order valence-corrected chi connectivity index (χ0v) is 10.1. The fraction of sp³-hybridized carbons (Fsp3) is 0.636. The summed E-state index contributed by atoms with van der Waals surface area (Å²) in [5.41, 5.74) is 0. The molecule has 1 N–H and O–H groups in total. The molecule has 1 aromatic rings. The van der Waals surface area contributed by atoms with Gasteiger partial charge >= 0.3 is 0 Å². The summed E-state index contributed by atoms with van der Waals surface area (Å²) in [6.45, 7) is 5.22. The van der Waals surface area contributed by atoms with E-state index in [1.807, 2.05) is 25.1 Å². The van der Waals surface area contributed by atoms with E-state index in [1.54, 1.807) is 6.33 Å². The SMILES string of the molecule is CC1CN(c2cc(N(C)C)ncn2)CCN1. The van der Waals surface area contributed by atoms with E-state index >= 15 is 0 Å². The summed E-state index contributed by atoms with van der Waals surface area (Å²) in [6.07, 6.45) is 1.64. The van der Waals surface area contributed by atoms with Crippen LogP contribution in [0.25, 0.3) is 0 Å². The Morgan fingerprint density at radius 2 is 2.25 bits per heavy atom. The van der Waals surface area contributed by atoms with Gasteiger partial charge in [0.05, 0.1) is 0 Å². The summed E-state index contributed by atoms with van der Waals surface area (Å²) < 4.78 is 0. The molecule has 2 heterocycles. The highest BCUT2D eigenvalue weighted by Gasteiger charge is 2.17. The van der Waals surface area contributed by atoms with Crippen molar-refractivity contribution in [3.8, 4) is 0 Å². The number of rotatable bonds is 2. The molecule has 1 aromatic heterocycles. The van der Waals surface area contributed by atoms with Crippen LogP contribution >= 0.6 is 0 Å². The fourth-order valence-corrected chi connectivity index (χ4v) is 1.90. The van der Waals surface area contributed by atoms with E-state index in [-0.39, 0.29) is 0 Å². The molecule has 1 atom stereocenters. The monoisotopic (exact) mass is 221 g/mol. The Kier molecular flexibility index (Phi) is 3.24. The van der Waals surface area contributed by atoms with Gasteiger partial charge < -0.3 is 15.1 Å². The Labute approximate surface area is 96.5 Å². The minimum atomic E-state index is 0.520. The number of nitrogens with one attached hydrogen (secondary N) is 1. The lowest BCUT2D eigenvalue weighted by atomic mass is 10.2. The molecule has 0 amide bonds. The Balaban J connectivity index is 2.16. The quantitative estimate of drug-likeness (QED) is 0.780. The standard InChI is InChI=1S/C11H19N5/c1-9-7-16(5-4-12-9)11-6-10(15(2)3)13-8-14-11/h6,8-9,12H,4-5,7H2,1-3H3. The van der Waals surface area contributed by atoms with Crippen LogP contribution in [0.2, 0.25) is 0 Å². The zero-order chi connectivity index (χ0) is 11.5. The van der Waals surface area contributed by atoms with Crippen molar-refractivity contribution in [3.05, 3.63) is 12.4 Å². The molecule has 1 saturated heterocycles. The van der Waals surface area contributed by atoms with Crippen LogP contribution in [0.15, 0.2) is 12.4 Å². The minimum Gasteiger partial charge on any atom is -0.363 e. The summed E-state index contributed by atoms with van der Waals surface area (Å²) >= 11 is 0. The molecule has 1 aliphatic rings. The van der Waals surface area contributed by atoms with Gasteiger partial charge in [0.25, 0.3) is 0 Å². The lowest BCUT2D eigenvalue weighted by Crippen LogP contribution is -2.49. The normalized spacial score (nSPS) is 20.9. The topological polar surface area (TPSA) is 44.3 Å². The Bertz CT molecular complexity index is 352. The lowest BCUT2D eigenvalue weighted by Gasteiger charge is -2.32. The first-order chi connectivity index (χ1) is 7.66. The fourth-order valence-electron chi connectivity index (χ4n) is 1.90. The molecule has 1 fully saturated rings. The predicted molar refractivity (Wildman–Crippen MR) is 66.0 cm³/mol. The summed E-state index contributed by atoms with van der Waals surface area (Å²) in [4.78, 5) is 12.9. The molecular formula is C11H19N5. The van der Waals surface area contributed by atoms with E-state index in [9.17, 15) is 0 Å². The highest BCUT2D eigenvalue weighted by molar-refractivity contribution is 5.49. The molecule has 1 unspecified atom stereocenters. The van der Waals surface area contributed by atoms with Gasteiger partial charge in [0.2, 0.25) is 0 Å². The molecule has 16 heavy (non-hydrogen) atoms. The van der Waals surface area contributed by atoms with E-state index in [4.69, 9.17) is 0 Å². The van der Waals surface area contributed by atoms with Crippen molar-refractivity contribution in [2.24, 2.45) is 0 Å². The first-order valence-corrected chi connectivity index (χ1v) is 5.64. The third-order valence-corrected chi connectivity index (χ3v) is 2.79. The maximum Gasteiger partial charge on any atom is 0.134 e. The Hall–Kier alpha value is -1.36. The third-order valence-electron chi connectivity index (χ3n) is 2.79. The Morgan fingerprint density at radius 1 is 1.44 bits per heavy atom. The molecule has 5 nitrogen and oxygen atoms in total. The molecule has 2 rings (SSSR count). The number of hydrogen-bond donors (Lipinski definition) is 1. The summed E-state index contributed by atoms with van der Waals surface area (Å²) in [5.74, 6) is 1.98. The molecule has 0 saturated carbocycles. The smallest absolute Gasteiger partial charge is 0.134 e. The largest absolute Gasteiger partial charge is 0.363 e. The number of piperazine rings is 1. The van der Waals surface area contributed by atoms with Gasteiger partial charge in [0.15, 0.2) is 0 Å². The van der Waals surface area contributed by atoms with E-state index in [1.165, 1.54) is 0 Å². The molecule has 0 aromatic carbocycles. The van der Waals surface area contributed by atoms with Crippen LogP contribution in [0.4, 0.5) is 11.6 Å². The van der Waals surface area contributed by atoms with Crippen molar-refractivity contribution in [2.45, 2.75) is 13.0 Å². The van der Waals surface area contributed by atoms with Crippen LogP contribution < -0.4 is 15.1 Å². The Morgan fingerprint density at radius 3 is 2.94 bits per heavy atom. The average molecular weight is 221 g/mol. The molecule has 5 heteroatoms. The second kappa shape index (κ2) is 4.65. The maximum absolute atomic E-state index is 4.34. The van der Waals surface area contributed by atoms with Gasteiger partial charge in [0.1, 0.15) is 18.0 Å². The van der Waals surface area contributed by atoms with Gasteiger partial charge in [-0.25, -0.2) is 9.97 Å². The molecule has 1 aliphatic heterocycles. The number of nitrogens with zero attached hydrogens (tertiary/aromatic N) is 4. The summed E-state index contributed by atoms with van der Waals surface area (Å²) in [6, 6.07) is 2.56. The first-order valence-electron chi connectivity index (χ1n) is 5.64. The van der Waals surface area contributed by atoms with Crippen LogP contribution in [0.5, 0.6) is 0 Å². The number of hydrogen-bond acceptors (Lipinski definition) is 5. The van der Waals surface area contributed by atoms with Crippen molar-refractivity contribution in [3.63, 3.8) is 0 Å². The van der Waals surface area contributed by atoms with Crippen molar-refractivity contribution >= 4 is 11.6 Å². The molecule has 88 valence electrons. The van der Waals surface area contributed by atoms with Crippen LogP contribution in [-0.4, -0.2) is 49.7 Å². The van der Waals surface area contributed by atoms with Crippen LogP contribution in [0.3, 0.4) is 0 Å². The van der Waals surface area contributed by atoms with E-state index < -0.39 is 0 Å². The van der Waals surface area contributed by atoms with Crippen molar-refractivity contribution in [1.82, 2.24) is 15.3 Å². The number of anilines is 2. The molecule has 0 aliphatic carbocycles. The van der Waals surface area contributed by atoms with Gasteiger partial charge in [-0.05, 0) is 6.92 Å². The van der Waals surface area contributed by atoms with E-state index in [0.717, 1.165) is 31.3 Å². The molecular weight excluding hydrogens is 202 g/mol. The minimum absolute atomic E-state index is 0.520. The maximum atomic E-state index is 4.34. The molecule has 0 bridgehead atoms. The van der Waals surface area contributed by atoms with Gasteiger partial charge in [-0.15, -0.1) is 0 Å². The van der Waals surface area contributed by atoms with E-state index in [0.29, 0.717) is 6.04 Å². The van der Waals surface area contributed by atoms with Gasteiger partial charge in [-0.1, -0.05) is 0 Å². The van der Waals surface area contributed by atoms with E-state index in [2.05, 4.69) is 27.1 Å².